The lowest BCUT2D eigenvalue weighted by Gasteiger charge is -2.41. The Labute approximate surface area is 123 Å². The molecule has 2 rings (SSSR count). The van der Waals surface area contributed by atoms with Crippen molar-refractivity contribution >= 4 is 0 Å². The van der Waals surface area contributed by atoms with Gasteiger partial charge in [-0.15, -0.1) is 0 Å². The number of hydrogen-bond donors (Lipinski definition) is 1. The van der Waals surface area contributed by atoms with Gasteiger partial charge in [0.2, 0.25) is 0 Å². The molecule has 1 aliphatic heterocycles. The van der Waals surface area contributed by atoms with E-state index in [1.54, 1.807) is 0 Å². The molecule has 3 atom stereocenters. The average molecular weight is 275 g/mol. The molecule has 3 heteroatoms. The Hall–Kier alpha value is -0.900. The zero-order chi connectivity index (χ0) is 14.7. The fourth-order valence-corrected chi connectivity index (χ4v) is 3.07. The molecule has 0 aromatic heterocycles. The van der Waals surface area contributed by atoms with E-state index in [9.17, 15) is 0 Å². The third kappa shape index (κ3) is 3.60. The van der Waals surface area contributed by atoms with E-state index in [-0.39, 0.29) is 6.04 Å². The molecular weight excluding hydrogens is 246 g/mol. The third-order valence-electron chi connectivity index (χ3n) is 4.72. The fraction of sp³-hybridized carbons (Fsp3) is 0.647. The van der Waals surface area contributed by atoms with Crippen molar-refractivity contribution in [3.8, 4) is 0 Å². The second kappa shape index (κ2) is 6.70. The standard InChI is InChI=1S/C17H29N3/c1-13-7-9-15(10-8-13)17(18)14(2)20-11-5-6-16(12-20)19(3)4/h7-10,14,16-17H,5-6,11-12,18H2,1-4H3. The highest BCUT2D eigenvalue weighted by atomic mass is 15.2. The first-order valence-electron chi connectivity index (χ1n) is 7.71. The number of aryl methyl sites for hydroxylation is 1. The van der Waals surface area contributed by atoms with Crippen molar-refractivity contribution < 1.29 is 0 Å². The Morgan fingerprint density at radius 1 is 1.25 bits per heavy atom. The summed E-state index contributed by atoms with van der Waals surface area (Å²) in [7, 11) is 4.36. The first kappa shape index (κ1) is 15.5. The molecule has 1 aromatic carbocycles. The first-order chi connectivity index (χ1) is 9.49. The van der Waals surface area contributed by atoms with E-state index >= 15 is 0 Å². The minimum atomic E-state index is 0.0940. The van der Waals surface area contributed by atoms with E-state index in [2.05, 4.69) is 62.0 Å². The van der Waals surface area contributed by atoms with Crippen LogP contribution in [-0.4, -0.2) is 49.1 Å². The molecule has 3 unspecified atom stereocenters. The van der Waals surface area contributed by atoms with Crippen LogP contribution in [0, 0.1) is 6.92 Å². The van der Waals surface area contributed by atoms with Crippen molar-refractivity contribution in [2.75, 3.05) is 27.2 Å². The summed E-state index contributed by atoms with van der Waals surface area (Å²) >= 11 is 0. The van der Waals surface area contributed by atoms with Crippen LogP contribution in [0.1, 0.15) is 36.9 Å². The minimum Gasteiger partial charge on any atom is -0.323 e. The first-order valence-corrected chi connectivity index (χ1v) is 7.71. The molecule has 1 aliphatic rings. The molecule has 3 nitrogen and oxygen atoms in total. The highest BCUT2D eigenvalue weighted by Gasteiger charge is 2.28. The summed E-state index contributed by atoms with van der Waals surface area (Å²) in [6, 6.07) is 9.79. The van der Waals surface area contributed by atoms with E-state index < -0.39 is 0 Å². The molecule has 0 saturated carbocycles. The largest absolute Gasteiger partial charge is 0.323 e. The van der Waals surface area contributed by atoms with Crippen molar-refractivity contribution in [2.45, 2.75) is 44.8 Å². The number of benzene rings is 1. The van der Waals surface area contributed by atoms with Gasteiger partial charge in [0.15, 0.2) is 0 Å². The predicted molar refractivity (Wildman–Crippen MR) is 85.9 cm³/mol. The fourth-order valence-electron chi connectivity index (χ4n) is 3.07. The van der Waals surface area contributed by atoms with E-state index in [1.165, 1.54) is 30.5 Å². The van der Waals surface area contributed by atoms with Gasteiger partial charge in [-0.25, -0.2) is 0 Å². The maximum atomic E-state index is 6.49. The Bertz CT molecular complexity index is 413. The molecule has 2 N–H and O–H groups in total. The summed E-state index contributed by atoms with van der Waals surface area (Å²) in [5.74, 6) is 0. The topological polar surface area (TPSA) is 32.5 Å². The average Bonchev–Trinajstić information content (AvgIpc) is 2.46. The van der Waals surface area contributed by atoms with Crippen LogP contribution in [0.3, 0.4) is 0 Å². The maximum absolute atomic E-state index is 6.49. The molecule has 1 fully saturated rings. The second-order valence-electron chi connectivity index (χ2n) is 6.43. The summed E-state index contributed by atoms with van der Waals surface area (Å²) in [5, 5.41) is 0. The van der Waals surface area contributed by atoms with Crippen LogP contribution in [0.5, 0.6) is 0 Å². The maximum Gasteiger partial charge on any atom is 0.0450 e. The van der Waals surface area contributed by atoms with E-state index in [4.69, 9.17) is 5.73 Å². The summed E-state index contributed by atoms with van der Waals surface area (Å²) in [4.78, 5) is 4.90. The molecule has 0 bridgehead atoms. The highest BCUT2D eigenvalue weighted by Crippen LogP contribution is 2.23. The van der Waals surface area contributed by atoms with Crippen LogP contribution < -0.4 is 5.73 Å². The zero-order valence-electron chi connectivity index (χ0n) is 13.3. The van der Waals surface area contributed by atoms with E-state index in [0.29, 0.717) is 12.1 Å². The lowest BCUT2D eigenvalue weighted by molar-refractivity contribution is 0.0916. The molecule has 0 aliphatic carbocycles. The van der Waals surface area contributed by atoms with Gasteiger partial charge in [0, 0.05) is 24.7 Å². The smallest absolute Gasteiger partial charge is 0.0450 e. The molecule has 112 valence electrons. The minimum absolute atomic E-state index is 0.0940. The molecule has 1 aromatic rings. The van der Waals surface area contributed by atoms with Gasteiger partial charge in [0.1, 0.15) is 0 Å². The summed E-state index contributed by atoms with van der Waals surface area (Å²) in [6.45, 7) is 6.69. The second-order valence-corrected chi connectivity index (χ2v) is 6.43. The SMILES string of the molecule is Cc1ccc(C(N)C(C)N2CCCC(N(C)C)C2)cc1. The van der Waals surface area contributed by atoms with E-state index in [1.807, 2.05) is 0 Å². The van der Waals surface area contributed by atoms with Gasteiger partial charge in [-0.3, -0.25) is 4.90 Å². The lowest BCUT2D eigenvalue weighted by atomic mass is 9.96. The Morgan fingerprint density at radius 2 is 1.90 bits per heavy atom. The molecule has 1 saturated heterocycles. The lowest BCUT2D eigenvalue weighted by Crippen LogP contribution is -2.51. The van der Waals surface area contributed by atoms with Crippen molar-refractivity contribution in [3.63, 3.8) is 0 Å². The monoisotopic (exact) mass is 275 g/mol. The van der Waals surface area contributed by atoms with E-state index in [0.717, 1.165) is 6.54 Å². The van der Waals surface area contributed by atoms with Crippen molar-refractivity contribution in [1.82, 2.24) is 9.80 Å². The number of rotatable bonds is 4. The number of hydrogen-bond acceptors (Lipinski definition) is 3. The molecule has 20 heavy (non-hydrogen) atoms. The van der Waals surface area contributed by atoms with Gasteiger partial charge in [0.05, 0.1) is 0 Å². The van der Waals surface area contributed by atoms with Gasteiger partial charge in [-0.1, -0.05) is 29.8 Å². The van der Waals surface area contributed by atoms with Crippen LogP contribution in [0.2, 0.25) is 0 Å². The molecule has 1 heterocycles. The number of piperidine rings is 1. The molecule has 0 spiro atoms. The van der Waals surface area contributed by atoms with Gasteiger partial charge in [-0.2, -0.15) is 0 Å². The third-order valence-corrected chi connectivity index (χ3v) is 4.72. The Kier molecular flexibility index (Phi) is 5.19. The Balaban J connectivity index is 2.02. The molecular formula is C17H29N3. The van der Waals surface area contributed by atoms with Crippen molar-refractivity contribution in [3.05, 3.63) is 35.4 Å². The number of likely N-dealkylation sites (N-methyl/N-ethyl adjacent to an activating group) is 1. The normalized spacial score (nSPS) is 23.8. The predicted octanol–water partition coefficient (Wildman–Crippen LogP) is 2.41. The van der Waals surface area contributed by atoms with Crippen LogP contribution in [0.15, 0.2) is 24.3 Å². The summed E-state index contributed by atoms with van der Waals surface area (Å²) in [5.41, 5.74) is 9.02. The van der Waals surface area contributed by atoms with Crippen LogP contribution in [-0.2, 0) is 0 Å². The highest BCUT2D eigenvalue weighted by molar-refractivity contribution is 5.24. The van der Waals surface area contributed by atoms with Gasteiger partial charge in [-0.05, 0) is 52.9 Å². The van der Waals surface area contributed by atoms with Crippen molar-refractivity contribution in [2.24, 2.45) is 5.73 Å². The van der Waals surface area contributed by atoms with Crippen LogP contribution in [0.25, 0.3) is 0 Å². The zero-order valence-corrected chi connectivity index (χ0v) is 13.3. The summed E-state index contributed by atoms with van der Waals surface area (Å²) < 4.78 is 0. The van der Waals surface area contributed by atoms with Crippen molar-refractivity contribution in [1.29, 1.82) is 0 Å². The number of nitrogens with two attached hydrogens (primary N) is 1. The molecule has 0 amide bonds. The van der Waals surface area contributed by atoms with Crippen LogP contribution >= 0.6 is 0 Å². The number of likely N-dealkylation sites (tertiary alicyclic amines) is 1. The Morgan fingerprint density at radius 3 is 2.50 bits per heavy atom. The van der Waals surface area contributed by atoms with Gasteiger partial charge < -0.3 is 10.6 Å². The summed E-state index contributed by atoms with van der Waals surface area (Å²) in [6.07, 6.45) is 2.57. The van der Waals surface area contributed by atoms with Gasteiger partial charge in [0.25, 0.3) is 0 Å². The molecule has 0 radical (unpaired) electrons. The number of nitrogens with zero attached hydrogens (tertiary/aromatic N) is 2. The van der Waals surface area contributed by atoms with Crippen LogP contribution in [0.4, 0.5) is 0 Å². The quantitative estimate of drug-likeness (QED) is 0.916. The van der Waals surface area contributed by atoms with Gasteiger partial charge >= 0.3 is 0 Å².